The van der Waals surface area contributed by atoms with Gasteiger partial charge >= 0.3 is 0 Å². The van der Waals surface area contributed by atoms with Gasteiger partial charge in [0.15, 0.2) is 0 Å². The fourth-order valence-electron chi connectivity index (χ4n) is 5.72. The number of hydrogen-bond acceptors (Lipinski definition) is 6. The molecule has 0 radical (unpaired) electrons. The summed E-state index contributed by atoms with van der Waals surface area (Å²) in [4.78, 5) is 9.88. The van der Waals surface area contributed by atoms with Crippen LogP contribution in [0.15, 0.2) is 53.4 Å². The van der Waals surface area contributed by atoms with E-state index in [1.165, 1.54) is 32.1 Å². The molecule has 2 saturated carbocycles. The molecular formula is C29H38ClN5O2S. The topological polar surface area (TPSA) is 96.0 Å². The van der Waals surface area contributed by atoms with Crippen molar-refractivity contribution in [2.75, 3.05) is 30.3 Å². The zero-order valence-corrected chi connectivity index (χ0v) is 23.4. The number of hydrogen-bond donors (Lipinski definition) is 3. The Bertz CT molecular complexity index is 1300. The highest BCUT2D eigenvalue weighted by atomic mass is 35.5. The maximum Gasteiger partial charge on any atom is 0.240 e. The summed E-state index contributed by atoms with van der Waals surface area (Å²) in [6.45, 7) is 2.25. The van der Waals surface area contributed by atoms with Gasteiger partial charge in [-0.05, 0) is 92.7 Å². The molecular weight excluding hydrogens is 518 g/mol. The van der Waals surface area contributed by atoms with E-state index in [0.717, 1.165) is 61.4 Å². The van der Waals surface area contributed by atoms with Gasteiger partial charge in [0.25, 0.3) is 0 Å². The van der Waals surface area contributed by atoms with E-state index < -0.39 is 10.0 Å². The minimum atomic E-state index is -3.51. The third-order valence-electron chi connectivity index (χ3n) is 8.09. The zero-order valence-electron chi connectivity index (χ0n) is 21.8. The first-order valence-corrected chi connectivity index (χ1v) is 15.8. The third-order valence-corrected chi connectivity index (χ3v) is 9.78. The van der Waals surface area contributed by atoms with Crippen molar-refractivity contribution in [2.24, 2.45) is 17.8 Å². The molecule has 2 aliphatic carbocycles. The Kier molecular flexibility index (Phi) is 9.02. The van der Waals surface area contributed by atoms with Crippen LogP contribution in [-0.2, 0) is 10.0 Å². The van der Waals surface area contributed by atoms with Gasteiger partial charge in [0.1, 0.15) is 5.82 Å². The first kappa shape index (κ1) is 27.2. The average molecular weight is 556 g/mol. The van der Waals surface area contributed by atoms with Gasteiger partial charge in [-0.15, -0.1) is 0 Å². The molecule has 0 bridgehead atoms. The number of nitrogens with one attached hydrogen (secondary N) is 3. The number of fused-ring (bicyclic) bond motifs is 1. The number of benzene rings is 2. The molecule has 2 fully saturated rings. The van der Waals surface area contributed by atoms with Gasteiger partial charge in [-0.25, -0.2) is 18.1 Å². The van der Waals surface area contributed by atoms with Gasteiger partial charge in [-0.1, -0.05) is 43.0 Å². The Morgan fingerprint density at radius 2 is 1.37 bits per heavy atom. The minimum absolute atomic E-state index is 0.253. The van der Waals surface area contributed by atoms with Crippen LogP contribution < -0.4 is 15.4 Å². The predicted molar refractivity (Wildman–Crippen MR) is 155 cm³/mol. The van der Waals surface area contributed by atoms with Crippen molar-refractivity contribution >= 4 is 44.3 Å². The summed E-state index contributed by atoms with van der Waals surface area (Å²) in [6.07, 6.45) is 10.7. The van der Waals surface area contributed by atoms with Crippen LogP contribution in [0.2, 0.25) is 5.02 Å². The van der Waals surface area contributed by atoms with Crippen LogP contribution in [0.4, 0.5) is 11.8 Å². The van der Waals surface area contributed by atoms with Crippen LogP contribution in [-0.4, -0.2) is 38.0 Å². The van der Waals surface area contributed by atoms with Crippen molar-refractivity contribution < 1.29 is 8.42 Å². The molecule has 0 spiro atoms. The van der Waals surface area contributed by atoms with Gasteiger partial charge in [-0.3, -0.25) is 0 Å². The maximum absolute atomic E-state index is 12.6. The fourth-order valence-corrected chi connectivity index (χ4v) is 6.96. The van der Waals surface area contributed by atoms with E-state index in [0.29, 0.717) is 29.4 Å². The summed E-state index contributed by atoms with van der Waals surface area (Å²) in [6, 6.07) is 14.5. The molecule has 5 rings (SSSR count). The number of para-hydroxylation sites is 1. The van der Waals surface area contributed by atoms with Gasteiger partial charge < -0.3 is 10.6 Å². The Hall–Kier alpha value is -2.42. The smallest absolute Gasteiger partial charge is 0.240 e. The average Bonchev–Trinajstić information content (AvgIpc) is 2.95. The highest BCUT2D eigenvalue weighted by Crippen LogP contribution is 2.30. The number of nitrogens with zero attached hydrogens (tertiary/aromatic N) is 2. The monoisotopic (exact) mass is 555 g/mol. The molecule has 0 atom stereocenters. The van der Waals surface area contributed by atoms with Crippen molar-refractivity contribution in [1.29, 1.82) is 0 Å². The zero-order chi connectivity index (χ0) is 26.4. The van der Waals surface area contributed by atoms with E-state index in [9.17, 15) is 8.42 Å². The Labute approximate surface area is 231 Å². The quantitative estimate of drug-likeness (QED) is 0.265. The molecule has 2 aromatic carbocycles. The second-order valence-corrected chi connectivity index (χ2v) is 13.1. The molecule has 0 amide bonds. The number of halogens is 1. The van der Waals surface area contributed by atoms with Gasteiger partial charge in [0.05, 0.1) is 10.4 Å². The lowest BCUT2D eigenvalue weighted by molar-refractivity contribution is 0.284. The molecule has 9 heteroatoms. The van der Waals surface area contributed by atoms with Crippen molar-refractivity contribution in [3.8, 4) is 0 Å². The summed E-state index contributed by atoms with van der Waals surface area (Å²) >= 11 is 5.88. The van der Waals surface area contributed by atoms with Crippen LogP contribution in [0.25, 0.3) is 10.9 Å². The lowest BCUT2D eigenvalue weighted by Gasteiger charge is -2.28. The van der Waals surface area contributed by atoms with E-state index in [1.807, 2.05) is 18.2 Å². The lowest BCUT2D eigenvalue weighted by atomic mass is 9.82. The Morgan fingerprint density at radius 1 is 0.737 bits per heavy atom. The van der Waals surface area contributed by atoms with Crippen LogP contribution in [0, 0.1) is 17.8 Å². The van der Waals surface area contributed by atoms with Gasteiger partial charge in [-0.2, -0.15) is 4.98 Å². The van der Waals surface area contributed by atoms with Crippen molar-refractivity contribution in [3.63, 3.8) is 0 Å². The highest BCUT2D eigenvalue weighted by molar-refractivity contribution is 7.89. The third kappa shape index (κ3) is 7.16. The van der Waals surface area contributed by atoms with Crippen LogP contribution in [0.5, 0.6) is 0 Å². The first-order valence-electron chi connectivity index (χ1n) is 14.0. The van der Waals surface area contributed by atoms with Crippen LogP contribution in [0.1, 0.15) is 57.8 Å². The fraction of sp³-hybridized carbons (Fsp3) is 0.517. The molecule has 3 aromatic rings. The van der Waals surface area contributed by atoms with Crippen molar-refractivity contribution in [2.45, 2.75) is 62.7 Å². The minimum Gasteiger partial charge on any atom is -0.369 e. The number of aromatic nitrogens is 2. The van der Waals surface area contributed by atoms with Crippen molar-refractivity contribution in [3.05, 3.63) is 53.6 Å². The van der Waals surface area contributed by atoms with Gasteiger partial charge in [0, 0.05) is 30.0 Å². The lowest BCUT2D eigenvalue weighted by Crippen LogP contribution is -2.32. The molecule has 3 N–H and O–H groups in total. The van der Waals surface area contributed by atoms with E-state index in [-0.39, 0.29) is 4.90 Å². The number of anilines is 2. The standard InChI is InChI=1S/C29H38ClN5O2S/c30-24-14-16-25(17-15-24)38(36,37)33-20-23-12-10-22(11-13-23)19-32-29-34-27-9-5-4-8-26(27)28(35-29)31-18-21-6-2-1-3-7-21/h4-5,8-9,14-17,21-23,33H,1-3,6-7,10-13,18-20H2,(H2,31,32,34,35)/t22-,23-. The normalized spacial score (nSPS) is 20.9. The molecule has 2 aliphatic rings. The summed E-state index contributed by atoms with van der Waals surface area (Å²) in [7, 11) is -3.51. The largest absolute Gasteiger partial charge is 0.369 e. The molecule has 38 heavy (non-hydrogen) atoms. The maximum atomic E-state index is 12.6. The molecule has 7 nitrogen and oxygen atoms in total. The van der Waals surface area contributed by atoms with E-state index in [2.05, 4.69) is 21.4 Å². The van der Waals surface area contributed by atoms with Gasteiger partial charge in [0.2, 0.25) is 16.0 Å². The molecule has 0 aliphatic heterocycles. The van der Waals surface area contributed by atoms with Crippen LogP contribution >= 0.6 is 11.6 Å². The van der Waals surface area contributed by atoms with E-state index in [1.54, 1.807) is 24.3 Å². The molecule has 1 aromatic heterocycles. The summed E-state index contributed by atoms with van der Waals surface area (Å²) in [5, 5.41) is 8.72. The highest BCUT2D eigenvalue weighted by Gasteiger charge is 2.24. The molecule has 0 unspecified atom stereocenters. The molecule has 1 heterocycles. The first-order chi connectivity index (χ1) is 18.5. The predicted octanol–water partition coefficient (Wildman–Crippen LogP) is 6.47. The summed E-state index contributed by atoms with van der Waals surface area (Å²) in [5.41, 5.74) is 0.952. The Balaban J connectivity index is 1.12. The van der Waals surface area contributed by atoms with E-state index >= 15 is 0 Å². The molecule has 0 saturated heterocycles. The molecule has 204 valence electrons. The Morgan fingerprint density at radius 3 is 2.11 bits per heavy atom. The van der Waals surface area contributed by atoms with Crippen LogP contribution in [0.3, 0.4) is 0 Å². The summed E-state index contributed by atoms with van der Waals surface area (Å²) < 4.78 is 27.9. The SMILES string of the molecule is O=S(=O)(NC[C@H]1CC[C@H](CNc2nc(NCC3CCCCC3)c3ccccc3n2)CC1)c1ccc(Cl)cc1. The second-order valence-electron chi connectivity index (χ2n) is 10.9. The van der Waals surface area contributed by atoms with Crippen molar-refractivity contribution in [1.82, 2.24) is 14.7 Å². The summed E-state index contributed by atoms with van der Waals surface area (Å²) in [5.74, 6) is 3.18. The second kappa shape index (κ2) is 12.6. The number of rotatable bonds is 10. The van der Waals surface area contributed by atoms with E-state index in [4.69, 9.17) is 21.6 Å². The number of sulfonamides is 1.